The SMILES string of the molecule is Cc1cc(C(=O)CN(C)C(C)CO)c(C)s1. The lowest BCUT2D eigenvalue weighted by Gasteiger charge is -2.21. The van der Waals surface area contributed by atoms with Crippen LogP contribution in [-0.2, 0) is 0 Å². The fourth-order valence-corrected chi connectivity index (χ4v) is 2.46. The van der Waals surface area contributed by atoms with Crippen molar-refractivity contribution in [3.05, 3.63) is 21.4 Å². The van der Waals surface area contributed by atoms with Crippen molar-refractivity contribution in [2.45, 2.75) is 26.8 Å². The fraction of sp³-hybridized carbons (Fsp3) is 0.583. The maximum Gasteiger partial charge on any atom is 0.177 e. The van der Waals surface area contributed by atoms with E-state index in [1.165, 1.54) is 4.88 Å². The van der Waals surface area contributed by atoms with Crippen molar-refractivity contribution in [1.82, 2.24) is 4.90 Å². The number of hydrogen-bond acceptors (Lipinski definition) is 4. The highest BCUT2D eigenvalue weighted by Gasteiger charge is 2.16. The molecule has 1 atom stereocenters. The van der Waals surface area contributed by atoms with Crippen molar-refractivity contribution in [1.29, 1.82) is 0 Å². The number of carbonyl (C=O) groups is 1. The van der Waals surface area contributed by atoms with Gasteiger partial charge in [-0.1, -0.05) is 0 Å². The molecule has 0 aliphatic carbocycles. The third-order valence-corrected chi connectivity index (χ3v) is 3.72. The van der Waals surface area contributed by atoms with Gasteiger partial charge >= 0.3 is 0 Å². The predicted molar refractivity (Wildman–Crippen MR) is 67.3 cm³/mol. The lowest BCUT2D eigenvalue weighted by molar-refractivity contribution is 0.0890. The summed E-state index contributed by atoms with van der Waals surface area (Å²) in [5, 5.41) is 9.00. The van der Waals surface area contributed by atoms with E-state index in [2.05, 4.69) is 0 Å². The number of thiophene rings is 1. The summed E-state index contributed by atoms with van der Waals surface area (Å²) in [5.41, 5.74) is 0.819. The van der Waals surface area contributed by atoms with E-state index in [1.54, 1.807) is 11.3 Å². The first-order valence-electron chi connectivity index (χ1n) is 5.37. The van der Waals surface area contributed by atoms with Crippen LogP contribution in [0.15, 0.2) is 6.07 Å². The molecule has 0 spiro atoms. The van der Waals surface area contributed by atoms with Crippen LogP contribution in [0.3, 0.4) is 0 Å². The Hall–Kier alpha value is -0.710. The molecule has 0 aliphatic heterocycles. The molecule has 0 bridgehead atoms. The van der Waals surface area contributed by atoms with E-state index in [-0.39, 0.29) is 18.4 Å². The van der Waals surface area contributed by atoms with Gasteiger partial charge in [-0.05, 0) is 33.9 Å². The van der Waals surface area contributed by atoms with Crippen molar-refractivity contribution in [3.8, 4) is 0 Å². The molecule has 1 heterocycles. The maximum absolute atomic E-state index is 12.0. The summed E-state index contributed by atoms with van der Waals surface area (Å²) in [6, 6.07) is 1.96. The summed E-state index contributed by atoms with van der Waals surface area (Å²) in [6.45, 7) is 6.32. The topological polar surface area (TPSA) is 40.5 Å². The van der Waals surface area contributed by atoms with Gasteiger partial charge in [-0.15, -0.1) is 11.3 Å². The first-order chi connectivity index (χ1) is 7.45. The summed E-state index contributed by atoms with van der Waals surface area (Å²) in [6.07, 6.45) is 0. The minimum Gasteiger partial charge on any atom is -0.395 e. The number of nitrogens with zero attached hydrogens (tertiary/aromatic N) is 1. The zero-order valence-corrected chi connectivity index (χ0v) is 11.1. The highest BCUT2D eigenvalue weighted by atomic mass is 32.1. The summed E-state index contributed by atoms with van der Waals surface area (Å²) in [5.74, 6) is 0.129. The monoisotopic (exact) mass is 241 g/mol. The molecule has 0 aromatic carbocycles. The summed E-state index contributed by atoms with van der Waals surface area (Å²) in [4.78, 5) is 16.1. The van der Waals surface area contributed by atoms with Crippen molar-refractivity contribution in [2.75, 3.05) is 20.2 Å². The molecule has 0 saturated heterocycles. The van der Waals surface area contributed by atoms with Gasteiger partial charge in [0, 0.05) is 21.4 Å². The van der Waals surface area contributed by atoms with Crippen LogP contribution in [0.4, 0.5) is 0 Å². The van der Waals surface area contributed by atoms with Gasteiger partial charge < -0.3 is 5.11 Å². The Labute approximate surface area is 101 Å². The Morgan fingerprint density at radius 1 is 1.56 bits per heavy atom. The van der Waals surface area contributed by atoms with E-state index in [0.29, 0.717) is 6.54 Å². The third-order valence-electron chi connectivity index (χ3n) is 2.75. The van der Waals surface area contributed by atoms with Gasteiger partial charge in [0.25, 0.3) is 0 Å². The molecule has 90 valence electrons. The molecule has 1 aromatic rings. The van der Waals surface area contributed by atoms with Gasteiger partial charge in [0.05, 0.1) is 13.2 Å². The number of ketones is 1. The molecule has 16 heavy (non-hydrogen) atoms. The number of aliphatic hydroxyl groups is 1. The zero-order valence-electron chi connectivity index (χ0n) is 10.3. The molecular formula is C12H19NO2S. The third kappa shape index (κ3) is 3.14. The number of Topliss-reactive ketones (excluding diaryl/α,β-unsaturated/α-hetero) is 1. The van der Waals surface area contributed by atoms with E-state index in [4.69, 9.17) is 5.11 Å². The van der Waals surface area contributed by atoms with Gasteiger partial charge in [0.1, 0.15) is 0 Å². The van der Waals surface area contributed by atoms with Gasteiger partial charge in [-0.3, -0.25) is 9.69 Å². The molecule has 1 aromatic heterocycles. The number of likely N-dealkylation sites (N-methyl/N-ethyl adjacent to an activating group) is 1. The van der Waals surface area contributed by atoms with E-state index >= 15 is 0 Å². The first-order valence-corrected chi connectivity index (χ1v) is 6.18. The summed E-state index contributed by atoms with van der Waals surface area (Å²) >= 11 is 1.65. The lowest BCUT2D eigenvalue weighted by Crippen LogP contribution is -2.36. The molecule has 0 fully saturated rings. The Morgan fingerprint density at radius 3 is 2.62 bits per heavy atom. The summed E-state index contributed by atoms with van der Waals surface area (Å²) < 4.78 is 0. The van der Waals surface area contributed by atoms with Crippen LogP contribution in [0.25, 0.3) is 0 Å². The largest absolute Gasteiger partial charge is 0.395 e. The molecule has 0 amide bonds. The molecule has 0 saturated carbocycles. The minimum atomic E-state index is 0.0176. The number of hydrogen-bond donors (Lipinski definition) is 1. The Bertz CT molecular complexity index is 373. The second kappa shape index (κ2) is 5.57. The second-order valence-electron chi connectivity index (χ2n) is 4.20. The van der Waals surface area contributed by atoms with E-state index in [9.17, 15) is 4.79 Å². The Morgan fingerprint density at radius 2 is 2.19 bits per heavy atom. The van der Waals surface area contributed by atoms with Crippen molar-refractivity contribution in [3.63, 3.8) is 0 Å². The van der Waals surface area contributed by atoms with Gasteiger partial charge in [0.2, 0.25) is 0 Å². The number of carbonyl (C=O) groups excluding carboxylic acids is 1. The number of rotatable bonds is 5. The quantitative estimate of drug-likeness (QED) is 0.800. The average molecular weight is 241 g/mol. The molecular weight excluding hydrogens is 222 g/mol. The van der Waals surface area contributed by atoms with E-state index in [0.717, 1.165) is 10.4 Å². The molecule has 3 nitrogen and oxygen atoms in total. The molecule has 0 radical (unpaired) electrons. The molecule has 4 heteroatoms. The Balaban J connectivity index is 2.69. The predicted octanol–water partition coefficient (Wildman–Crippen LogP) is 1.86. The lowest BCUT2D eigenvalue weighted by atomic mass is 10.1. The van der Waals surface area contributed by atoms with Crippen LogP contribution in [0.5, 0.6) is 0 Å². The first kappa shape index (κ1) is 13.4. The minimum absolute atomic E-state index is 0.0176. The van der Waals surface area contributed by atoms with Crippen molar-refractivity contribution in [2.24, 2.45) is 0 Å². The second-order valence-corrected chi connectivity index (χ2v) is 5.66. The highest BCUT2D eigenvalue weighted by molar-refractivity contribution is 7.12. The maximum atomic E-state index is 12.0. The standard InChI is InChI=1S/C12H19NO2S/c1-8(7-14)13(4)6-12(15)11-5-9(2)16-10(11)3/h5,8,14H,6-7H2,1-4H3. The van der Waals surface area contributed by atoms with Crippen LogP contribution < -0.4 is 0 Å². The Kier molecular flexibility index (Phi) is 4.65. The highest BCUT2D eigenvalue weighted by Crippen LogP contribution is 2.21. The van der Waals surface area contributed by atoms with Gasteiger partial charge in [-0.25, -0.2) is 0 Å². The number of aliphatic hydroxyl groups excluding tert-OH is 1. The van der Waals surface area contributed by atoms with E-state index < -0.39 is 0 Å². The normalized spacial score (nSPS) is 13.1. The van der Waals surface area contributed by atoms with Gasteiger partial charge in [-0.2, -0.15) is 0 Å². The zero-order chi connectivity index (χ0) is 12.3. The van der Waals surface area contributed by atoms with Crippen LogP contribution in [0.1, 0.15) is 27.0 Å². The smallest absolute Gasteiger partial charge is 0.177 e. The number of aryl methyl sites for hydroxylation is 2. The molecule has 1 unspecified atom stereocenters. The fourth-order valence-electron chi connectivity index (χ4n) is 1.51. The molecule has 1 N–H and O–H groups in total. The van der Waals surface area contributed by atoms with E-state index in [1.807, 2.05) is 38.8 Å². The van der Waals surface area contributed by atoms with Crippen molar-refractivity contribution < 1.29 is 9.90 Å². The van der Waals surface area contributed by atoms with Crippen LogP contribution in [0, 0.1) is 13.8 Å². The molecule has 1 rings (SSSR count). The van der Waals surface area contributed by atoms with Crippen molar-refractivity contribution >= 4 is 17.1 Å². The van der Waals surface area contributed by atoms with Crippen LogP contribution >= 0.6 is 11.3 Å². The molecule has 0 aliphatic rings. The van der Waals surface area contributed by atoms with Crippen LogP contribution in [0.2, 0.25) is 0 Å². The van der Waals surface area contributed by atoms with Gasteiger partial charge in [0.15, 0.2) is 5.78 Å². The van der Waals surface area contributed by atoms with Crippen LogP contribution in [-0.4, -0.2) is 42.0 Å². The average Bonchev–Trinajstić information content (AvgIpc) is 2.56. The summed E-state index contributed by atoms with van der Waals surface area (Å²) in [7, 11) is 1.85.